The number of nitrogens with one attached hydrogen (secondary N) is 1. The minimum absolute atomic E-state index is 0.117. The largest absolute Gasteiger partial charge is 0.374 e. The summed E-state index contributed by atoms with van der Waals surface area (Å²) < 4.78 is 37.2. The molecule has 0 saturated heterocycles. The van der Waals surface area contributed by atoms with Crippen molar-refractivity contribution in [2.45, 2.75) is 71.3 Å². The van der Waals surface area contributed by atoms with Crippen LogP contribution in [0, 0.1) is 29.5 Å². The van der Waals surface area contributed by atoms with E-state index in [9.17, 15) is 9.47 Å². The predicted molar refractivity (Wildman–Crippen MR) is 129 cm³/mol. The maximum atomic E-state index is 15.2. The molecule has 0 saturated carbocycles. The van der Waals surface area contributed by atoms with Crippen molar-refractivity contribution in [1.82, 2.24) is 4.72 Å². The first kappa shape index (κ1) is 26.2. The fourth-order valence-corrected chi connectivity index (χ4v) is 4.19. The van der Waals surface area contributed by atoms with Crippen molar-refractivity contribution < 1.29 is 13.3 Å². The van der Waals surface area contributed by atoms with E-state index in [4.69, 9.17) is 4.74 Å². The molecule has 0 fully saturated rings. The van der Waals surface area contributed by atoms with Gasteiger partial charge in [-0.2, -0.15) is 5.26 Å². The lowest BCUT2D eigenvalue weighted by Gasteiger charge is -2.38. The minimum Gasteiger partial charge on any atom is -0.374 e. The second-order valence-corrected chi connectivity index (χ2v) is 12.0. The van der Waals surface area contributed by atoms with E-state index in [0.717, 1.165) is 11.1 Å². The Kier molecular flexibility index (Phi) is 8.75. The maximum Gasteiger partial charge on any atom is 0.128 e. The molecule has 0 amide bonds. The standard InChI is InChI=1S/C26H35FN2O2S/c1-20-12-13-23(27)22(16-20)26(15-14-25(5,6)18-28,29-32(30)24(2,3)4)19-31-17-21-10-8-7-9-11-21/h7-13,16,29H,14-15,17,19H2,1-6H3/t26?,32-/m1/s1. The zero-order valence-electron chi connectivity index (χ0n) is 20.0. The molecule has 1 N–H and O–H groups in total. The van der Waals surface area contributed by atoms with Crippen molar-refractivity contribution in [2.75, 3.05) is 6.61 Å². The van der Waals surface area contributed by atoms with Crippen LogP contribution in [0.5, 0.6) is 0 Å². The van der Waals surface area contributed by atoms with Crippen LogP contribution in [0.25, 0.3) is 0 Å². The van der Waals surface area contributed by atoms with Crippen molar-refractivity contribution in [3.8, 4) is 6.07 Å². The number of rotatable bonds is 10. The fourth-order valence-electron chi connectivity index (χ4n) is 3.26. The molecule has 2 aromatic carbocycles. The summed E-state index contributed by atoms with van der Waals surface area (Å²) in [4.78, 5) is 0. The summed E-state index contributed by atoms with van der Waals surface area (Å²) in [5, 5.41) is 9.56. The number of aryl methyl sites for hydroxylation is 1. The Morgan fingerprint density at radius 3 is 2.31 bits per heavy atom. The molecule has 0 aliphatic heterocycles. The van der Waals surface area contributed by atoms with Crippen molar-refractivity contribution in [3.05, 3.63) is 71.0 Å². The summed E-state index contributed by atoms with van der Waals surface area (Å²) >= 11 is 0. The highest BCUT2D eigenvalue weighted by Gasteiger charge is 2.40. The molecule has 0 aromatic heterocycles. The number of ether oxygens (including phenoxy) is 1. The van der Waals surface area contributed by atoms with Gasteiger partial charge in [0.05, 0.1) is 46.0 Å². The van der Waals surface area contributed by atoms with Gasteiger partial charge >= 0.3 is 0 Å². The summed E-state index contributed by atoms with van der Waals surface area (Å²) in [7, 11) is -1.48. The molecule has 174 valence electrons. The van der Waals surface area contributed by atoms with Gasteiger partial charge in [-0.1, -0.05) is 48.0 Å². The van der Waals surface area contributed by atoms with Gasteiger partial charge in [0.15, 0.2) is 0 Å². The van der Waals surface area contributed by atoms with Gasteiger partial charge in [0, 0.05) is 5.56 Å². The first-order valence-corrected chi connectivity index (χ1v) is 12.0. The smallest absolute Gasteiger partial charge is 0.128 e. The monoisotopic (exact) mass is 458 g/mol. The van der Waals surface area contributed by atoms with Crippen LogP contribution in [0.1, 0.15) is 64.2 Å². The van der Waals surface area contributed by atoms with E-state index >= 15 is 4.39 Å². The SMILES string of the molecule is Cc1ccc(F)c(C(CCC(C)(C)C#N)(COCc2ccccc2)N[S@](=O)C(C)(C)C)c1. The van der Waals surface area contributed by atoms with Gasteiger partial charge in [0.25, 0.3) is 0 Å². The zero-order chi connectivity index (χ0) is 24.0. The first-order valence-electron chi connectivity index (χ1n) is 10.9. The quantitative estimate of drug-likeness (QED) is 0.480. The summed E-state index contributed by atoms with van der Waals surface area (Å²) in [6, 6.07) is 17.0. The summed E-state index contributed by atoms with van der Waals surface area (Å²) in [5.41, 5.74) is 0.640. The molecule has 2 rings (SSSR count). The van der Waals surface area contributed by atoms with Crippen molar-refractivity contribution in [3.63, 3.8) is 0 Å². The Morgan fingerprint density at radius 2 is 1.72 bits per heavy atom. The molecule has 0 spiro atoms. The second kappa shape index (κ2) is 10.7. The van der Waals surface area contributed by atoms with Crippen LogP contribution in [0.4, 0.5) is 4.39 Å². The molecule has 0 aliphatic rings. The molecule has 0 aliphatic carbocycles. The van der Waals surface area contributed by atoms with Crippen molar-refractivity contribution in [2.24, 2.45) is 5.41 Å². The third-order valence-electron chi connectivity index (χ3n) is 5.42. The molecule has 32 heavy (non-hydrogen) atoms. The highest BCUT2D eigenvalue weighted by Crippen LogP contribution is 2.36. The van der Waals surface area contributed by atoms with E-state index in [2.05, 4.69) is 10.8 Å². The van der Waals surface area contributed by atoms with Gasteiger partial charge in [0.2, 0.25) is 0 Å². The maximum absolute atomic E-state index is 15.2. The number of halogens is 1. The van der Waals surface area contributed by atoms with Crippen LogP contribution in [-0.4, -0.2) is 15.6 Å². The molecular formula is C26H35FN2O2S. The van der Waals surface area contributed by atoms with Gasteiger partial charge in [-0.25, -0.2) is 13.3 Å². The summed E-state index contributed by atoms with van der Waals surface area (Å²) in [6.07, 6.45) is 0.879. The Morgan fingerprint density at radius 1 is 1.06 bits per heavy atom. The van der Waals surface area contributed by atoms with E-state index in [1.807, 2.05) is 71.9 Å². The lowest BCUT2D eigenvalue weighted by atomic mass is 9.79. The lowest BCUT2D eigenvalue weighted by Crippen LogP contribution is -2.52. The number of benzene rings is 2. The highest BCUT2D eigenvalue weighted by molar-refractivity contribution is 7.84. The van der Waals surface area contributed by atoms with E-state index in [-0.39, 0.29) is 12.4 Å². The van der Waals surface area contributed by atoms with Crippen LogP contribution in [-0.2, 0) is 27.9 Å². The normalized spacial score (nSPS) is 15.1. The van der Waals surface area contributed by atoms with E-state index in [0.29, 0.717) is 25.0 Å². The number of hydrogen-bond donors (Lipinski definition) is 1. The summed E-state index contributed by atoms with van der Waals surface area (Å²) in [6.45, 7) is 11.7. The molecule has 2 atom stereocenters. The fraction of sp³-hybridized carbons (Fsp3) is 0.500. The molecule has 2 aromatic rings. The predicted octanol–water partition coefficient (Wildman–Crippen LogP) is 5.93. The number of hydrogen-bond acceptors (Lipinski definition) is 3. The Labute approximate surface area is 194 Å². The molecule has 6 heteroatoms. The second-order valence-electron chi connectivity index (χ2n) is 10.0. The van der Waals surface area contributed by atoms with E-state index in [1.54, 1.807) is 12.1 Å². The van der Waals surface area contributed by atoms with E-state index < -0.39 is 26.7 Å². The van der Waals surface area contributed by atoms with Crippen LogP contribution in [0.2, 0.25) is 0 Å². The van der Waals surface area contributed by atoms with Gasteiger partial charge in [0.1, 0.15) is 5.82 Å². The lowest BCUT2D eigenvalue weighted by molar-refractivity contribution is 0.0563. The van der Waals surface area contributed by atoms with Gasteiger partial charge < -0.3 is 4.74 Å². The van der Waals surface area contributed by atoms with Crippen LogP contribution < -0.4 is 4.72 Å². The van der Waals surface area contributed by atoms with Crippen LogP contribution in [0.3, 0.4) is 0 Å². The third kappa shape index (κ3) is 7.23. The molecule has 0 radical (unpaired) electrons. The Hall–Kier alpha value is -2.07. The topological polar surface area (TPSA) is 62.1 Å². The third-order valence-corrected chi connectivity index (χ3v) is 7.11. The van der Waals surface area contributed by atoms with E-state index in [1.165, 1.54) is 6.07 Å². The van der Waals surface area contributed by atoms with Crippen molar-refractivity contribution >= 4 is 11.0 Å². The highest BCUT2D eigenvalue weighted by atomic mass is 32.2. The van der Waals surface area contributed by atoms with Gasteiger partial charge in [-0.05, 0) is 66.0 Å². The Bertz CT molecular complexity index is 964. The van der Waals surface area contributed by atoms with Crippen LogP contribution >= 0.6 is 0 Å². The molecule has 0 heterocycles. The summed E-state index contributed by atoms with van der Waals surface area (Å²) in [5.74, 6) is -0.382. The minimum atomic E-state index is -1.48. The zero-order valence-corrected chi connectivity index (χ0v) is 20.8. The molecule has 1 unspecified atom stereocenters. The molecular weight excluding hydrogens is 423 g/mol. The van der Waals surface area contributed by atoms with Gasteiger partial charge in [-0.3, -0.25) is 0 Å². The average molecular weight is 459 g/mol. The van der Waals surface area contributed by atoms with Crippen LogP contribution in [0.15, 0.2) is 48.5 Å². The number of nitriles is 1. The molecule has 0 bridgehead atoms. The average Bonchev–Trinajstić information content (AvgIpc) is 2.73. The van der Waals surface area contributed by atoms with Gasteiger partial charge in [-0.15, -0.1) is 0 Å². The Balaban J connectivity index is 2.49. The number of nitrogens with zero attached hydrogens (tertiary/aromatic N) is 1. The first-order chi connectivity index (χ1) is 14.9. The molecule has 4 nitrogen and oxygen atoms in total. The van der Waals surface area contributed by atoms with Crippen molar-refractivity contribution in [1.29, 1.82) is 5.26 Å².